The number of nitrogens with zero attached hydrogens (tertiary/aromatic N) is 2. The van der Waals surface area contributed by atoms with Crippen LogP contribution >= 0.6 is 0 Å². The number of carbonyl (C=O) groups is 1. The maximum Gasteiger partial charge on any atom is 0.290 e. The van der Waals surface area contributed by atoms with Crippen LogP contribution in [0.3, 0.4) is 0 Å². The normalized spacial score (nSPS) is 23.8. The van der Waals surface area contributed by atoms with E-state index in [4.69, 9.17) is 9.40 Å². The zero-order valence-electron chi connectivity index (χ0n) is 22.0. The molecule has 1 aliphatic carbocycles. The van der Waals surface area contributed by atoms with Gasteiger partial charge in [-0.05, 0) is 76.3 Å². The molecule has 1 N–H and O–H groups in total. The van der Waals surface area contributed by atoms with Crippen LogP contribution in [-0.4, -0.2) is 41.0 Å². The number of likely N-dealkylation sites (tertiary alicyclic amines) is 1. The zero-order chi connectivity index (χ0) is 24.2. The average molecular weight is 454 g/mol. The monoisotopic (exact) mass is 453 g/mol. The standard InChI is InChI=1S/C28H43N3O2/c1-26(2,3)20-15-21(18-9-12-27(4,5)13-10-18)30-22-16-23(33-24(20)22)25(32)31-14-11-19(29-8)17-28(31,6)7/h15-16,18-19,29H,9-14,17H2,1-8H3. The summed E-state index contributed by atoms with van der Waals surface area (Å²) in [4.78, 5) is 20.6. The van der Waals surface area contributed by atoms with Crippen LogP contribution in [0.5, 0.6) is 0 Å². The molecule has 1 aliphatic heterocycles. The quantitative estimate of drug-likeness (QED) is 0.583. The van der Waals surface area contributed by atoms with Gasteiger partial charge in [-0.1, -0.05) is 34.6 Å². The molecule has 4 rings (SSSR count). The molecule has 1 saturated heterocycles. The number of rotatable bonds is 3. The van der Waals surface area contributed by atoms with Crippen molar-refractivity contribution < 1.29 is 9.21 Å². The van der Waals surface area contributed by atoms with Crippen molar-refractivity contribution in [3.05, 3.63) is 29.2 Å². The fourth-order valence-electron chi connectivity index (χ4n) is 5.77. The number of carbonyl (C=O) groups excluding carboxylic acids is 1. The highest BCUT2D eigenvalue weighted by Gasteiger charge is 2.39. The maximum absolute atomic E-state index is 13.6. The van der Waals surface area contributed by atoms with Gasteiger partial charge in [-0.25, -0.2) is 4.98 Å². The van der Waals surface area contributed by atoms with Crippen molar-refractivity contribution in [1.82, 2.24) is 15.2 Å². The van der Waals surface area contributed by atoms with Gasteiger partial charge in [0, 0.05) is 41.4 Å². The van der Waals surface area contributed by atoms with E-state index >= 15 is 0 Å². The molecule has 0 bridgehead atoms. The van der Waals surface area contributed by atoms with Crippen LogP contribution < -0.4 is 5.32 Å². The van der Waals surface area contributed by atoms with Gasteiger partial charge < -0.3 is 14.6 Å². The number of aromatic nitrogens is 1. The minimum absolute atomic E-state index is 0.0200. The molecule has 1 unspecified atom stereocenters. The predicted octanol–water partition coefficient (Wildman–Crippen LogP) is 6.41. The van der Waals surface area contributed by atoms with Crippen LogP contribution in [0, 0.1) is 5.41 Å². The Labute approximate surface area is 199 Å². The minimum atomic E-state index is -0.220. The molecule has 0 radical (unpaired) electrons. The van der Waals surface area contributed by atoms with E-state index in [9.17, 15) is 4.79 Å². The van der Waals surface area contributed by atoms with Crippen molar-refractivity contribution >= 4 is 17.0 Å². The molecule has 33 heavy (non-hydrogen) atoms. The van der Waals surface area contributed by atoms with Gasteiger partial charge in [0.15, 0.2) is 11.3 Å². The third-order valence-corrected chi connectivity index (χ3v) is 8.11. The van der Waals surface area contributed by atoms with Crippen molar-refractivity contribution in [2.75, 3.05) is 13.6 Å². The minimum Gasteiger partial charge on any atom is -0.449 e. The first-order valence-corrected chi connectivity index (χ1v) is 12.7. The van der Waals surface area contributed by atoms with E-state index in [0.29, 0.717) is 23.1 Å². The van der Waals surface area contributed by atoms with Crippen LogP contribution in [0.4, 0.5) is 0 Å². The van der Waals surface area contributed by atoms with Crippen molar-refractivity contribution in [2.24, 2.45) is 5.41 Å². The first-order valence-electron chi connectivity index (χ1n) is 12.7. The number of furan rings is 1. The van der Waals surface area contributed by atoms with Crippen molar-refractivity contribution in [3.63, 3.8) is 0 Å². The first-order chi connectivity index (χ1) is 15.3. The molecule has 5 heteroatoms. The molecule has 0 spiro atoms. The highest BCUT2D eigenvalue weighted by atomic mass is 16.3. The highest BCUT2D eigenvalue weighted by Crippen LogP contribution is 2.43. The highest BCUT2D eigenvalue weighted by molar-refractivity contribution is 5.96. The number of hydrogen-bond acceptors (Lipinski definition) is 4. The van der Waals surface area contributed by atoms with E-state index in [-0.39, 0.29) is 16.9 Å². The number of nitrogens with one attached hydrogen (secondary N) is 1. The van der Waals surface area contributed by atoms with Crippen molar-refractivity contribution in [1.29, 1.82) is 0 Å². The summed E-state index contributed by atoms with van der Waals surface area (Å²) in [5.41, 5.74) is 4.03. The van der Waals surface area contributed by atoms with Gasteiger partial charge in [-0.2, -0.15) is 0 Å². The number of fused-ring (bicyclic) bond motifs is 1. The lowest BCUT2D eigenvalue weighted by molar-refractivity contribution is 0.0348. The van der Waals surface area contributed by atoms with E-state index < -0.39 is 0 Å². The number of pyridine rings is 1. The molecule has 1 amide bonds. The van der Waals surface area contributed by atoms with Crippen molar-refractivity contribution in [3.8, 4) is 0 Å². The molecule has 0 aromatic carbocycles. The Hall–Kier alpha value is -1.88. The lowest BCUT2D eigenvalue weighted by Crippen LogP contribution is -2.56. The van der Waals surface area contributed by atoms with Gasteiger partial charge in [0.1, 0.15) is 5.52 Å². The van der Waals surface area contributed by atoms with E-state index in [1.807, 2.05) is 18.0 Å². The zero-order valence-corrected chi connectivity index (χ0v) is 22.0. The van der Waals surface area contributed by atoms with Gasteiger partial charge in [-0.3, -0.25) is 4.79 Å². The molecular formula is C28H43N3O2. The third kappa shape index (κ3) is 4.84. The Kier molecular flexibility index (Phi) is 6.18. The molecule has 2 aromatic heterocycles. The van der Waals surface area contributed by atoms with Gasteiger partial charge >= 0.3 is 0 Å². The summed E-state index contributed by atoms with van der Waals surface area (Å²) < 4.78 is 6.29. The predicted molar refractivity (Wildman–Crippen MR) is 135 cm³/mol. The lowest BCUT2D eigenvalue weighted by atomic mass is 9.72. The fraction of sp³-hybridized carbons (Fsp3) is 0.714. The summed E-state index contributed by atoms with van der Waals surface area (Å²) >= 11 is 0. The van der Waals surface area contributed by atoms with Crippen LogP contribution in [0.2, 0.25) is 0 Å². The second-order valence-corrected chi connectivity index (χ2v) is 12.9. The summed E-state index contributed by atoms with van der Waals surface area (Å²) in [5, 5.41) is 3.38. The lowest BCUT2D eigenvalue weighted by Gasteiger charge is -2.45. The molecule has 1 atom stereocenters. The Morgan fingerprint density at radius 3 is 2.36 bits per heavy atom. The van der Waals surface area contributed by atoms with E-state index in [2.05, 4.69) is 59.8 Å². The molecule has 2 fully saturated rings. The van der Waals surface area contributed by atoms with Gasteiger partial charge in [0.2, 0.25) is 0 Å². The number of piperidine rings is 1. The van der Waals surface area contributed by atoms with E-state index in [1.54, 1.807) is 0 Å². The fourth-order valence-corrected chi connectivity index (χ4v) is 5.77. The molecule has 5 nitrogen and oxygen atoms in total. The van der Waals surface area contributed by atoms with Gasteiger partial charge in [0.25, 0.3) is 5.91 Å². The molecule has 3 heterocycles. The Balaban J connectivity index is 1.70. The van der Waals surface area contributed by atoms with Gasteiger partial charge in [-0.15, -0.1) is 0 Å². The summed E-state index contributed by atoms with van der Waals surface area (Å²) in [5.74, 6) is 0.881. The second-order valence-electron chi connectivity index (χ2n) is 12.9. The topological polar surface area (TPSA) is 58.4 Å². The van der Waals surface area contributed by atoms with E-state index in [1.165, 1.54) is 25.7 Å². The smallest absolute Gasteiger partial charge is 0.290 e. The maximum atomic E-state index is 13.6. The van der Waals surface area contributed by atoms with Crippen molar-refractivity contribution in [2.45, 2.75) is 110 Å². The van der Waals surface area contributed by atoms with Crippen LogP contribution in [0.1, 0.15) is 115 Å². The first kappa shape index (κ1) is 24.3. The second kappa shape index (κ2) is 8.41. The largest absolute Gasteiger partial charge is 0.449 e. The molecule has 1 saturated carbocycles. The summed E-state index contributed by atoms with van der Waals surface area (Å²) in [6.07, 6.45) is 6.70. The Morgan fingerprint density at radius 2 is 1.79 bits per heavy atom. The van der Waals surface area contributed by atoms with E-state index in [0.717, 1.165) is 41.7 Å². The van der Waals surface area contributed by atoms with Crippen LogP contribution in [-0.2, 0) is 5.41 Å². The third-order valence-electron chi connectivity index (χ3n) is 8.11. The average Bonchev–Trinajstić information content (AvgIpc) is 3.15. The summed E-state index contributed by atoms with van der Waals surface area (Å²) in [6, 6.07) is 4.59. The summed E-state index contributed by atoms with van der Waals surface area (Å²) in [6.45, 7) is 16.4. The Bertz CT molecular complexity index is 1020. The van der Waals surface area contributed by atoms with Gasteiger partial charge in [0.05, 0.1) is 0 Å². The number of amides is 1. The molecule has 2 aliphatic rings. The molecule has 182 valence electrons. The molecular weight excluding hydrogens is 410 g/mol. The van der Waals surface area contributed by atoms with Crippen LogP contribution in [0.15, 0.2) is 16.5 Å². The SMILES string of the molecule is CNC1CCN(C(=O)c2cc3nc(C4CCC(C)(C)CC4)cc(C(C)(C)C)c3o2)C(C)(C)C1. The summed E-state index contributed by atoms with van der Waals surface area (Å²) in [7, 11) is 2.00. The number of hydrogen-bond donors (Lipinski definition) is 1. The Morgan fingerprint density at radius 1 is 1.12 bits per heavy atom. The molecule has 2 aromatic rings. The van der Waals surface area contributed by atoms with Crippen LogP contribution in [0.25, 0.3) is 11.1 Å².